The van der Waals surface area contributed by atoms with Crippen molar-refractivity contribution in [1.82, 2.24) is 15.2 Å². The van der Waals surface area contributed by atoms with Gasteiger partial charge in [0.25, 0.3) is 0 Å². The summed E-state index contributed by atoms with van der Waals surface area (Å²) < 4.78 is 1.28. The summed E-state index contributed by atoms with van der Waals surface area (Å²) in [7, 11) is 2.20. The van der Waals surface area contributed by atoms with E-state index in [1.165, 1.54) is 29.1 Å². The number of hydrogen-bond donors (Lipinski definition) is 1. The van der Waals surface area contributed by atoms with Gasteiger partial charge in [0.15, 0.2) is 0 Å². The standard InChI is InChI=1S/C15H21N3S/c1-11(16-12-6-5-9-18(2)10-12)15-17-13-7-3-4-8-14(13)19-15/h3-4,7-8,11-12,16H,5-6,9-10H2,1-2H3. The molecule has 102 valence electrons. The zero-order chi connectivity index (χ0) is 13.2. The summed E-state index contributed by atoms with van der Waals surface area (Å²) in [6.07, 6.45) is 2.57. The largest absolute Gasteiger partial charge is 0.305 e. The summed E-state index contributed by atoms with van der Waals surface area (Å²) in [6.45, 7) is 4.61. The normalized spacial score (nSPS) is 22.7. The van der Waals surface area contributed by atoms with E-state index < -0.39 is 0 Å². The Bertz CT molecular complexity index is 518. The molecule has 0 saturated carbocycles. The van der Waals surface area contributed by atoms with Crippen molar-refractivity contribution in [2.45, 2.75) is 31.8 Å². The van der Waals surface area contributed by atoms with Gasteiger partial charge in [0.2, 0.25) is 0 Å². The highest BCUT2D eigenvalue weighted by Crippen LogP contribution is 2.26. The predicted molar refractivity (Wildman–Crippen MR) is 81.7 cm³/mol. The van der Waals surface area contributed by atoms with Gasteiger partial charge in [-0.2, -0.15) is 0 Å². The fourth-order valence-electron chi connectivity index (χ4n) is 2.80. The van der Waals surface area contributed by atoms with Crippen LogP contribution in [0.3, 0.4) is 0 Å². The first-order chi connectivity index (χ1) is 9.22. The van der Waals surface area contributed by atoms with E-state index in [0.717, 1.165) is 12.1 Å². The second-order valence-corrected chi connectivity index (χ2v) is 6.57. The summed E-state index contributed by atoms with van der Waals surface area (Å²) in [4.78, 5) is 7.15. The van der Waals surface area contributed by atoms with E-state index in [4.69, 9.17) is 4.98 Å². The molecule has 19 heavy (non-hydrogen) atoms. The monoisotopic (exact) mass is 275 g/mol. The van der Waals surface area contributed by atoms with Gasteiger partial charge in [0.1, 0.15) is 5.01 Å². The molecule has 3 nitrogen and oxygen atoms in total. The van der Waals surface area contributed by atoms with Gasteiger partial charge in [-0.05, 0) is 45.5 Å². The van der Waals surface area contributed by atoms with E-state index in [2.05, 4.69) is 48.5 Å². The number of likely N-dealkylation sites (N-methyl/N-ethyl adjacent to an activating group) is 1. The molecule has 1 aromatic heterocycles. The first-order valence-corrected chi connectivity index (χ1v) is 7.84. The number of aromatic nitrogens is 1. The number of hydrogen-bond acceptors (Lipinski definition) is 4. The lowest BCUT2D eigenvalue weighted by molar-refractivity contribution is 0.218. The zero-order valence-corrected chi connectivity index (χ0v) is 12.4. The van der Waals surface area contributed by atoms with Crippen LogP contribution in [0.15, 0.2) is 24.3 Å². The second-order valence-electron chi connectivity index (χ2n) is 5.51. The van der Waals surface area contributed by atoms with Gasteiger partial charge >= 0.3 is 0 Å². The molecule has 2 aromatic rings. The van der Waals surface area contributed by atoms with Crippen LogP contribution in [-0.2, 0) is 0 Å². The van der Waals surface area contributed by atoms with Crippen LogP contribution in [0, 0.1) is 0 Å². The number of para-hydroxylation sites is 1. The molecule has 3 rings (SSSR count). The Kier molecular flexibility index (Phi) is 3.82. The highest BCUT2D eigenvalue weighted by molar-refractivity contribution is 7.18. The molecule has 1 fully saturated rings. The molecule has 2 unspecified atom stereocenters. The molecular formula is C15H21N3S. The summed E-state index contributed by atoms with van der Waals surface area (Å²) >= 11 is 1.81. The minimum absolute atomic E-state index is 0.342. The van der Waals surface area contributed by atoms with Crippen molar-refractivity contribution in [1.29, 1.82) is 0 Å². The molecule has 2 heterocycles. The molecule has 4 heteroatoms. The van der Waals surface area contributed by atoms with Gasteiger partial charge in [0, 0.05) is 12.6 Å². The number of thiazole rings is 1. The molecule has 1 N–H and O–H groups in total. The van der Waals surface area contributed by atoms with E-state index in [1.807, 2.05) is 11.3 Å². The van der Waals surface area contributed by atoms with Crippen molar-refractivity contribution in [3.05, 3.63) is 29.3 Å². The van der Waals surface area contributed by atoms with E-state index >= 15 is 0 Å². The van der Waals surface area contributed by atoms with Crippen LogP contribution in [0.5, 0.6) is 0 Å². The molecule has 2 atom stereocenters. The van der Waals surface area contributed by atoms with Gasteiger partial charge in [-0.15, -0.1) is 11.3 Å². The molecule has 1 aliphatic heterocycles. The van der Waals surface area contributed by atoms with E-state index in [0.29, 0.717) is 12.1 Å². The van der Waals surface area contributed by atoms with Crippen molar-refractivity contribution >= 4 is 21.6 Å². The number of nitrogens with one attached hydrogen (secondary N) is 1. The summed E-state index contributed by atoms with van der Waals surface area (Å²) in [5.74, 6) is 0. The number of benzene rings is 1. The number of nitrogens with zero attached hydrogens (tertiary/aromatic N) is 2. The third-order valence-corrected chi connectivity index (χ3v) is 5.01. The minimum Gasteiger partial charge on any atom is -0.305 e. The smallest absolute Gasteiger partial charge is 0.111 e. The van der Waals surface area contributed by atoms with Crippen LogP contribution < -0.4 is 5.32 Å². The molecule has 0 spiro atoms. The number of likely N-dealkylation sites (tertiary alicyclic amines) is 1. The first kappa shape index (κ1) is 13.0. The Labute approximate surface area is 118 Å². The Morgan fingerprint density at radius 2 is 2.26 bits per heavy atom. The minimum atomic E-state index is 0.342. The number of piperidine rings is 1. The van der Waals surface area contributed by atoms with Crippen LogP contribution >= 0.6 is 11.3 Å². The van der Waals surface area contributed by atoms with Gasteiger partial charge in [-0.1, -0.05) is 12.1 Å². The Hall–Kier alpha value is -0.970. The van der Waals surface area contributed by atoms with E-state index in [1.54, 1.807) is 0 Å². The van der Waals surface area contributed by atoms with Crippen molar-refractivity contribution in [2.75, 3.05) is 20.1 Å². The lowest BCUT2D eigenvalue weighted by Gasteiger charge is -2.31. The highest BCUT2D eigenvalue weighted by atomic mass is 32.1. The Morgan fingerprint density at radius 3 is 3.05 bits per heavy atom. The third-order valence-electron chi connectivity index (χ3n) is 3.79. The molecule has 1 aromatic carbocycles. The second kappa shape index (κ2) is 5.57. The molecule has 0 bridgehead atoms. The van der Waals surface area contributed by atoms with Crippen molar-refractivity contribution < 1.29 is 0 Å². The van der Waals surface area contributed by atoms with Gasteiger partial charge in [-0.3, -0.25) is 0 Å². The molecule has 0 radical (unpaired) electrons. The highest BCUT2D eigenvalue weighted by Gasteiger charge is 2.20. The van der Waals surface area contributed by atoms with Crippen molar-refractivity contribution in [2.24, 2.45) is 0 Å². The summed E-state index contributed by atoms with van der Waals surface area (Å²) in [5, 5.41) is 4.94. The Morgan fingerprint density at radius 1 is 1.42 bits per heavy atom. The number of rotatable bonds is 3. The molecule has 1 saturated heterocycles. The van der Waals surface area contributed by atoms with Gasteiger partial charge < -0.3 is 10.2 Å². The SMILES string of the molecule is CC(NC1CCCN(C)C1)c1nc2ccccc2s1. The first-order valence-electron chi connectivity index (χ1n) is 7.02. The molecule has 0 amide bonds. The van der Waals surface area contributed by atoms with Crippen molar-refractivity contribution in [3.63, 3.8) is 0 Å². The van der Waals surface area contributed by atoms with Crippen LogP contribution in [0.4, 0.5) is 0 Å². The third kappa shape index (κ3) is 2.96. The molecule has 0 aliphatic carbocycles. The predicted octanol–water partition coefficient (Wildman–Crippen LogP) is 3.04. The number of fused-ring (bicyclic) bond motifs is 1. The fourth-order valence-corrected chi connectivity index (χ4v) is 3.78. The maximum absolute atomic E-state index is 4.74. The maximum atomic E-state index is 4.74. The molecular weight excluding hydrogens is 254 g/mol. The summed E-state index contributed by atoms with van der Waals surface area (Å²) in [5.41, 5.74) is 1.12. The lowest BCUT2D eigenvalue weighted by Crippen LogP contribution is -2.44. The van der Waals surface area contributed by atoms with E-state index in [-0.39, 0.29) is 0 Å². The fraction of sp³-hybridized carbons (Fsp3) is 0.533. The Balaban J connectivity index is 1.70. The van der Waals surface area contributed by atoms with Crippen LogP contribution in [0.1, 0.15) is 30.8 Å². The van der Waals surface area contributed by atoms with E-state index in [9.17, 15) is 0 Å². The summed E-state index contributed by atoms with van der Waals surface area (Å²) in [6, 6.07) is 9.32. The zero-order valence-electron chi connectivity index (χ0n) is 11.6. The average Bonchev–Trinajstić information content (AvgIpc) is 2.82. The lowest BCUT2D eigenvalue weighted by atomic mass is 10.1. The molecule has 1 aliphatic rings. The average molecular weight is 275 g/mol. The maximum Gasteiger partial charge on any atom is 0.111 e. The topological polar surface area (TPSA) is 28.2 Å². The van der Waals surface area contributed by atoms with Crippen LogP contribution in [-0.4, -0.2) is 36.1 Å². The van der Waals surface area contributed by atoms with Crippen LogP contribution in [0.2, 0.25) is 0 Å². The van der Waals surface area contributed by atoms with Crippen LogP contribution in [0.25, 0.3) is 10.2 Å². The van der Waals surface area contributed by atoms with Crippen molar-refractivity contribution in [3.8, 4) is 0 Å². The van der Waals surface area contributed by atoms with Gasteiger partial charge in [-0.25, -0.2) is 4.98 Å². The quantitative estimate of drug-likeness (QED) is 0.933. The van der Waals surface area contributed by atoms with Gasteiger partial charge in [0.05, 0.1) is 16.3 Å².